The molecule has 0 aliphatic carbocycles. The van der Waals surface area contributed by atoms with Gasteiger partial charge in [-0.05, 0) is 64.9 Å². The van der Waals surface area contributed by atoms with Crippen LogP contribution in [0.4, 0.5) is 23.2 Å². The molecule has 0 bridgehead atoms. The van der Waals surface area contributed by atoms with Crippen molar-refractivity contribution in [1.82, 2.24) is 29.5 Å². The van der Waals surface area contributed by atoms with E-state index in [1.54, 1.807) is 36.5 Å². The van der Waals surface area contributed by atoms with E-state index in [1.807, 2.05) is 50.4 Å². The largest absolute Gasteiger partial charge is 0.406 e. The molecule has 1 fully saturated rings. The molecular weight excluding hydrogens is 582 g/mol. The Bertz CT molecular complexity index is 1590. The maximum atomic E-state index is 15.4. The van der Waals surface area contributed by atoms with Crippen LogP contribution in [0.1, 0.15) is 55.9 Å². The molecule has 8 nitrogen and oxygen atoms in total. The van der Waals surface area contributed by atoms with Crippen LogP contribution in [0.25, 0.3) is 21.6 Å². The summed E-state index contributed by atoms with van der Waals surface area (Å²) < 4.78 is 59.8. The van der Waals surface area contributed by atoms with Gasteiger partial charge < -0.3 is 24.7 Å². The smallest absolute Gasteiger partial charge is 0.379 e. The number of likely N-dealkylation sites (tertiary alicyclic amines) is 1. The molecule has 1 aliphatic rings. The van der Waals surface area contributed by atoms with Crippen LogP contribution in [0.2, 0.25) is 0 Å². The van der Waals surface area contributed by atoms with E-state index >= 15 is 4.39 Å². The van der Waals surface area contributed by atoms with Crippen LogP contribution in [0.15, 0.2) is 42.7 Å². The number of hydrogen-bond acceptors (Lipinski definition) is 6. The average molecular weight is 620 g/mol. The molecule has 4 heterocycles. The number of carbonyl (C=O) groups excluding carboxylic acids is 1. The van der Waals surface area contributed by atoms with Gasteiger partial charge in [0, 0.05) is 41.6 Å². The van der Waals surface area contributed by atoms with Crippen LogP contribution in [0, 0.1) is 0 Å². The van der Waals surface area contributed by atoms with E-state index in [4.69, 9.17) is 0 Å². The second kappa shape index (κ2) is 11.9. The number of carbonyl (C=O) groups is 1. The van der Waals surface area contributed by atoms with Crippen molar-refractivity contribution in [3.8, 4) is 10.7 Å². The van der Waals surface area contributed by atoms with Crippen molar-refractivity contribution in [2.45, 2.75) is 83.6 Å². The number of halogens is 4. The number of aromatic nitrogens is 4. The van der Waals surface area contributed by atoms with Crippen molar-refractivity contribution in [2.24, 2.45) is 0 Å². The Kier molecular flexibility index (Phi) is 8.59. The van der Waals surface area contributed by atoms with E-state index in [2.05, 4.69) is 20.8 Å². The zero-order chi connectivity index (χ0) is 31.1. The molecule has 3 atom stereocenters. The molecule has 0 saturated carbocycles. The summed E-state index contributed by atoms with van der Waals surface area (Å²) in [6, 6.07) is 7.76. The van der Waals surface area contributed by atoms with Crippen LogP contribution in [0.5, 0.6) is 0 Å². The van der Waals surface area contributed by atoms with Crippen molar-refractivity contribution >= 4 is 33.8 Å². The minimum absolute atomic E-state index is 0.0795. The number of alkyl halides is 4. The SMILES string of the molecule is CC[C@H]1[C@H](F)[C@H](Nc2cccc3c2cc(-c2nnc(CNC(=O)c4ccn(C(C)(C)C)c4)s2)n3CC(F)(F)F)CCN1C. The molecule has 2 N–H and O–H groups in total. The fourth-order valence-corrected chi connectivity index (χ4v) is 6.44. The van der Waals surface area contributed by atoms with Crippen molar-refractivity contribution < 1.29 is 22.4 Å². The van der Waals surface area contributed by atoms with Gasteiger partial charge in [0.2, 0.25) is 0 Å². The van der Waals surface area contributed by atoms with Crippen molar-refractivity contribution in [2.75, 3.05) is 18.9 Å². The van der Waals surface area contributed by atoms with Gasteiger partial charge in [0.25, 0.3) is 5.91 Å². The molecule has 1 aromatic carbocycles. The van der Waals surface area contributed by atoms with E-state index in [9.17, 15) is 18.0 Å². The number of benzene rings is 1. The summed E-state index contributed by atoms with van der Waals surface area (Å²) >= 11 is 1.12. The Morgan fingerprint density at radius 1 is 1.16 bits per heavy atom. The van der Waals surface area contributed by atoms with Crippen molar-refractivity contribution in [1.29, 1.82) is 0 Å². The third kappa shape index (κ3) is 6.72. The van der Waals surface area contributed by atoms with Gasteiger partial charge in [0.05, 0.1) is 29.4 Å². The number of rotatable bonds is 8. The first-order valence-corrected chi connectivity index (χ1v) is 15.2. The summed E-state index contributed by atoms with van der Waals surface area (Å²) in [6.45, 7) is 7.62. The maximum Gasteiger partial charge on any atom is 0.406 e. The van der Waals surface area contributed by atoms with Crippen LogP contribution in [-0.2, 0) is 18.6 Å². The van der Waals surface area contributed by atoms with Crippen molar-refractivity contribution in [3.63, 3.8) is 0 Å². The van der Waals surface area contributed by atoms with E-state index in [1.165, 1.54) is 4.57 Å². The molecule has 0 unspecified atom stereocenters. The highest BCUT2D eigenvalue weighted by Crippen LogP contribution is 2.37. The second-order valence-electron chi connectivity index (χ2n) is 12.1. The Morgan fingerprint density at radius 3 is 2.60 bits per heavy atom. The molecule has 43 heavy (non-hydrogen) atoms. The second-order valence-corrected chi connectivity index (χ2v) is 13.1. The summed E-state index contributed by atoms with van der Waals surface area (Å²) in [5, 5.41) is 15.7. The Balaban J connectivity index is 1.40. The van der Waals surface area contributed by atoms with E-state index in [0.29, 0.717) is 45.0 Å². The van der Waals surface area contributed by atoms with Gasteiger partial charge in [0.15, 0.2) is 5.01 Å². The normalized spacial score (nSPS) is 20.1. The van der Waals surface area contributed by atoms with Gasteiger partial charge in [-0.3, -0.25) is 4.79 Å². The highest BCUT2D eigenvalue weighted by atomic mass is 32.1. The van der Waals surface area contributed by atoms with Crippen LogP contribution in [0.3, 0.4) is 0 Å². The van der Waals surface area contributed by atoms with Gasteiger partial charge >= 0.3 is 6.18 Å². The van der Waals surface area contributed by atoms with Gasteiger partial charge in [-0.2, -0.15) is 13.2 Å². The fourth-order valence-electron chi connectivity index (χ4n) is 5.64. The number of nitrogens with zero attached hydrogens (tertiary/aromatic N) is 5. The molecule has 1 saturated heterocycles. The van der Waals surface area contributed by atoms with Gasteiger partial charge in [-0.1, -0.05) is 24.3 Å². The molecule has 1 amide bonds. The monoisotopic (exact) mass is 619 g/mol. The zero-order valence-corrected chi connectivity index (χ0v) is 25.7. The van der Waals surface area contributed by atoms with E-state index in [0.717, 1.165) is 17.9 Å². The number of hydrogen-bond donors (Lipinski definition) is 2. The summed E-state index contributed by atoms with van der Waals surface area (Å²) in [7, 11) is 1.91. The molecule has 13 heteroatoms. The van der Waals surface area contributed by atoms with Crippen LogP contribution < -0.4 is 10.6 Å². The Hall–Kier alpha value is -3.45. The lowest BCUT2D eigenvalue weighted by Crippen LogP contribution is -2.53. The standard InChI is InChI=1S/C30H37F4N7OS/c1-6-22-26(31)21(11-12-39(22)5)36-20-8-7-9-23-19(20)14-24(41(23)17-30(32,33)34)28-38-37-25(43-28)15-35-27(42)18-10-13-40(16-18)29(2,3)4/h7-10,13-14,16,21-22,26,36H,6,11-12,15,17H2,1-5H3,(H,35,42)/t21-,22+,26-/m1/s1. The fraction of sp³-hybridized carbons (Fsp3) is 0.500. The van der Waals surface area contributed by atoms with Gasteiger partial charge in [-0.15, -0.1) is 10.2 Å². The quantitative estimate of drug-likeness (QED) is 0.222. The molecule has 3 aromatic heterocycles. The lowest BCUT2D eigenvalue weighted by Gasteiger charge is -2.40. The topological polar surface area (TPSA) is 80.0 Å². The summed E-state index contributed by atoms with van der Waals surface area (Å²) in [4.78, 5) is 14.7. The molecule has 0 spiro atoms. The number of fused-ring (bicyclic) bond motifs is 1. The molecule has 5 rings (SSSR count). The minimum atomic E-state index is -4.48. The number of nitrogens with one attached hydrogen (secondary N) is 2. The first kappa shape index (κ1) is 31.0. The highest BCUT2D eigenvalue weighted by Gasteiger charge is 2.36. The molecule has 4 aromatic rings. The molecule has 232 valence electrons. The lowest BCUT2D eigenvalue weighted by molar-refractivity contribution is -0.139. The number of anilines is 1. The summed E-state index contributed by atoms with van der Waals surface area (Å²) in [6.07, 6.45) is -0.766. The van der Waals surface area contributed by atoms with Crippen LogP contribution in [-0.4, -0.2) is 68.2 Å². The van der Waals surface area contributed by atoms with E-state index in [-0.39, 0.29) is 29.7 Å². The summed E-state index contributed by atoms with van der Waals surface area (Å²) in [5.41, 5.74) is 1.52. The van der Waals surface area contributed by atoms with Gasteiger partial charge in [-0.25, -0.2) is 4.39 Å². The van der Waals surface area contributed by atoms with E-state index < -0.39 is 24.9 Å². The number of amides is 1. The zero-order valence-electron chi connectivity index (χ0n) is 24.9. The first-order valence-electron chi connectivity index (χ1n) is 14.3. The Labute approximate surface area is 252 Å². The van der Waals surface area contributed by atoms with Gasteiger partial charge in [0.1, 0.15) is 17.7 Å². The highest BCUT2D eigenvalue weighted by molar-refractivity contribution is 7.14. The van der Waals surface area contributed by atoms with Crippen molar-refractivity contribution in [3.05, 3.63) is 53.3 Å². The molecule has 0 radical (unpaired) electrons. The predicted molar refractivity (Wildman–Crippen MR) is 161 cm³/mol. The minimum Gasteiger partial charge on any atom is -0.379 e. The molecule has 1 aliphatic heterocycles. The third-order valence-electron chi connectivity index (χ3n) is 7.97. The lowest BCUT2D eigenvalue weighted by atomic mass is 9.93. The maximum absolute atomic E-state index is 15.4. The molecular formula is C30H37F4N7OS. The average Bonchev–Trinajstić information content (AvgIpc) is 3.68. The first-order chi connectivity index (χ1) is 20.2. The summed E-state index contributed by atoms with van der Waals surface area (Å²) in [5.74, 6) is -0.285. The predicted octanol–water partition coefficient (Wildman–Crippen LogP) is 6.44. The van der Waals surface area contributed by atoms with Crippen LogP contribution >= 0.6 is 11.3 Å². The third-order valence-corrected chi connectivity index (χ3v) is 8.91. The Morgan fingerprint density at radius 2 is 1.93 bits per heavy atom. The number of piperidine rings is 1.